The molecule has 0 amide bonds. The molecule has 5 nitrogen and oxygen atoms in total. The third-order valence-electron chi connectivity index (χ3n) is 4.25. The largest absolute Gasteiger partial charge is 0.391 e. The molecule has 100 valence electrons. The topological polar surface area (TPSA) is 44.5 Å². The van der Waals surface area contributed by atoms with Crippen LogP contribution >= 0.6 is 0 Å². The van der Waals surface area contributed by atoms with E-state index in [4.69, 9.17) is 0 Å². The predicted molar refractivity (Wildman–Crippen MR) is 69.3 cm³/mol. The number of aliphatic hydroxyl groups excluding tert-OH is 1. The highest BCUT2D eigenvalue weighted by Crippen LogP contribution is 2.20. The van der Waals surface area contributed by atoms with Gasteiger partial charge in [0.1, 0.15) is 0 Å². The van der Waals surface area contributed by atoms with Gasteiger partial charge in [0, 0.05) is 52.0 Å². The lowest BCUT2D eigenvalue weighted by Crippen LogP contribution is -2.64. The van der Waals surface area contributed by atoms with Gasteiger partial charge in [-0.15, -0.1) is 0 Å². The van der Waals surface area contributed by atoms with Crippen LogP contribution in [-0.2, 0) is 13.5 Å². The number of aliphatic hydroxyl groups is 1. The average molecular weight is 250 g/mol. The van der Waals surface area contributed by atoms with E-state index in [1.807, 2.05) is 24.1 Å². The molecular formula is C13H22N4O. The maximum Gasteiger partial charge on any atom is 0.0711 e. The van der Waals surface area contributed by atoms with Gasteiger partial charge in [0.15, 0.2) is 0 Å². The molecule has 1 N–H and O–H groups in total. The first-order chi connectivity index (χ1) is 8.72. The molecule has 3 aliphatic rings. The molecule has 4 rings (SSSR count). The van der Waals surface area contributed by atoms with E-state index in [0.29, 0.717) is 6.04 Å². The molecule has 4 heterocycles. The summed E-state index contributed by atoms with van der Waals surface area (Å²) in [7, 11) is 1.93. The van der Waals surface area contributed by atoms with Crippen molar-refractivity contribution in [1.29, 1.82) is 0 Å². The first kappa shape index (κ1) is 12.1. The van der Waals surface area contributed by atoms with Gasteiger partial charge >= 0.3 is 0 Å². The van der Waals surface area contributed by atoms with Gasteiger partial charge in [0.05, 0.1) is 12.3 Å². The lowest BCUT2D eigenvalue weighted by molar-refractivity contribution is -0.0478. The van der Waals surface area contributed by atoms with Gasteiger partial charge in [-0.3, -0.25) is 14.5 Å². The lowest BCUT2D eigenvalue weighted by atomic mass is 9.98. The van der Waals surface area contributed by atoms with Crippen molar-refractivity contribution in [3.05, 3.63) is 18.0 Å². The molecule has 3 aliphatic heterocycles. The molecule has 0 aromatic carbocycles. The number of nitrogens with zero attached hydrogens (tertiary/aromatic N) is 4. The SMILES string of the molecule is Cn1cc(CCC(O)C2CN3CCN2CC3)cn1. The molecule has 2 atom stereocenters. The molecular weight excluding hydrogens is 228 g/mol. The number of hydrogen-bond donors (Lipinski definition) is 1. The van der Waals surface area contributed by atoms with Crippen molar-refractivity contribution < 1.29 is 5.11 Å². The average Bonchev–Trinajstić information content (AvgIpc) is 2.83. The third-order valence-corrected chi connectivity index (χ3v) is 4.25. The van der Waals surface area contributed by atoms with Gasteiger partial charge in [-0.25, -0.2) is 0 Å². The van der Waals surface area contributed by atoms with Crippen LogP contribution in [0.25, 0.3) is 0 Å². The van der Waals surface area contributed by atoms with Crippen LogP contribution in [0.2, 0.25) is 0 Å². The molecule has 3 saturated heterocycles. The van der Waals surface area contributed by atoms with E-state index in [2.05, 4.69) is 14.9 Å². The summed E-state index contributed by atoms with van der Waals surface area (Å²) in [5.74, 6) is 0. The zero-order chi connectivity index (χ0) is 12.5. The summed E-state index contributed by atoms with van der Waals surface area (Å²) in [5.41, 5.74) is 1.22. The molecule has 1 aromatic heterocycles. The third kappa shape index (κ3) is 2.43. The van der Waals surface area contributed by atoms with Gasteiger partial charge in [-0.1, -0.05) is 0 Å². The fourth-order valence-corrected chi connectivity index (χ4v) is 3.13. The van der Waals surface area contributed by atoms with Gasteiger partial charge in [0.25, 0.3) is 0 Å². The van der Waals surface area contributed by atoms with Crippen LogP contribution in [-0.4, -0.2) is 69.6 Å². The monoisotopic (exact) mass is 250 g/mol. The van der Waals surface area contributed by atoms with Crippen LogP contribution in [0, 0.1) is 0 Å². The van der Waals surface area contributed by atoms with Gasteiger partial charge < -0.3 is 5.11 Å². The minimum Gasteiger partial charge on any atom is -0.391 e. The van der Waals surface area contributed by atoms with Crippen molar-refractivity contribution in [2.24, 2.45) is 7.05 Å². The van der Waals surface area contributed by atoms with Gasteiger partial charge in [0.2, 0.25) is 0 Å². The number of piperazine rings is 3. The summed E-state index contributed by atoms with van der Waals surface area (Å²) in [6, 6.07) is 0.337. The highest BCUT2D eigenvalue weighted by molar-refractivity contribution is 5.04. The fraction of sp³-hybridized carbons (Fsp3) is 0.769. The Morgan fingerprint density at radius 2 is 2.17 bits per heavy atom. The fourth-order valence-electron chi connectivity index (χ4n) is 3.13. The summed E-state index contributed by atoms with van der Waals surface area (Å²) in [6.07, 6.45) is 5.46. The first-order valence-electron chi connectivity index (χ1n) is 6.84. The molecule has 0 spiro atoms. The summed E-state index contributed by atoms with van der Waals surface area (Å²) < 4.78 is 1.82. The lowest BCUT2D eigenvalue weighted by Gasteiger charge is -2.49. The maximum atomic E-state index is 10.4. The van der Waals surface area contributed by atoms with E-state index in [1.165, 1.54) is 18.7 Å². The van der Waals surface area contributed by atoms with Crippen molar-refractivity contribution in [3.8, 4) is 0 Å². The normalized spacial score (nSPS) is 32.7. The number of hydrogen-bond acceptors (Lipinski definition) is 4. The molecule has 3 fully saturated rings. The molecule has 2 unspecified atom stereocenters. The van der Waals surface area contributed by atoms with Gasteiger partial charge in [-0.05, 0) is 18.4 Å². The van der Waals surface area contributed by atoms with Crippen molar-refractivity contribution in [3.63, 3.8) is 0 Å². The quantitative estimate of drug-likeness (QED) is 0.798. The number of fused-ring (bicyclic) bond motifs is 3. The Kier molecular flexibility index (Phi) is 3.37. The Balaban J connectivity index is 1.53. The molecule has 0 saturated carbocycles. The highest BCUT2D eigenvalue weighted by Gasteiger charge is 2.35. The van der Waals surface area contributed by atoms with Crippen LogP contribution in [0.4, 0.5) is 0 Å². The van der Waals surface area contributed by atoms with E-state index in [9.17, 15) is 5.11 Å². The molecule has 2 bridgehead atoms. The van der Waals surface area contributed by atoms with E-state index in [1.54, 1.807) is 0 Å². The van der Waals surface area contributed by atoms with E-state index in [0.717, 1.165) is 32.5 Å². The number of aryl methyl sites for hydroxylation is 2. The zero-order valence-electron chi connectivity index (χ0n) is 11.0. The van der Waals surface area contributed by atoms with E-state index >= 15 is 0 Å². The second-order valence-electron chi connectivity index (χ2n) is 5.53. The smallest absolute Gasteiger partial charge is 0.0711 e. The number of aromatic nitrogens is 2. The molecule has 18 heavy (non-hydrogen) atoms. The Labute approximate surface area is 108 Å². The highest BCUT2D eigenvalue weighted by atomic mass is 16.3. The molecule has 1 aromatic rings. The van der Waals surface area contributed by atoms with E-state index in [-0.39, 0.29) is 6.10 Å². The maximum absolute atomic E-state index is 10.4. The minimum absolute atomic E-state index is 0.215. The summed E-state index contributed by atoms with van der Waals surface area (Å²) in [5, 5.41) is 14.5. The Morgan fingerprint density at radius 3 is 2.72 bits per heavy atom. The Bertz CT molecular complexity index is 397. The standard InChI is InChI=1S/C13H22N4O/c1-15-9-11(8-14-15)2-3-13(18)12-10-16-4-6-17(12)7-5-16/h8-9,12-13,18H,2-7,10H2,1H3. The zero-order valence-corrected chi connectivity index (χ0v) is 11.0. The second-order valence-corrected chi connectivity index (χ2v) is 5.53. The Hall–Kier alpha value is -0.910. The molecule has 0 radical (unpaired) electrons. The van der Waals surface area contributed by atoms with Crippen LogP contribution in [0.1, 0.15) is 12.0 Å². The summed E-state index contributed by atoms with van der Waals surface area (Å²) >= 11 is 0. The molecule has 5 heteroatoms. The first-order valence-corrected chi connectivity index (χ1v) is 6.84. The second kappa shape index (κ2) is 4.99. The van der Waals surface area contributed by atoms with Gasteiger partial charge in [-0.2, -0.15) is 5.10 Å². The van der Waals surface area contributed by atoms with Crippen molar-refractivity contribution in [1.82, 2.24) is 19.6 Å². The van der Waals surface area contributed by atoms with Crippen molar-refractivity contribution >= 4 is 0 Å². The van der Waals surface area contributed by atoms with E-state index < -0.39 is 0 Å². The molecule has 0 aliphatic carbocycles. The van der Waals surface area contributed by atoms with Crippen molar-refractivity contribution in [2.75, 3.05) is 32.7 Å². The Morgan fingerprint density at radius 1 is 1.39 bits per heavy atom. The predicted octanol–water partition coefficient (Wildman–Crippen LogP) is -0.287. The van der Waals surface area contributed by atoms with Crippen LogP contribution in [0.5, 0.6) is 0 Å². The summed E-state index contributed by atoms with van der Waals surface area (Å²) in [4.78, 5) is 4.92. The van der Waals surface area contributed by atoms with Crippen molar-refractivity contribution in [2.45, 2.75) is 25.0 Å². The van der Waals surface area contributed by atoms with Crippen LogP contribution in [0.15, 0.2) is 12.4 Å². The number of rotatable bonds is 4. The summed E-state index contributed by atoms with van der Waals surface area (Å²) in [6.45, 7) is 5.62. The van der Waals surface area contributed by atoms with Crippen LogP contribution in [0.3, 0.4) is 0 Å². The van der Waals surface area contributed by atoms with Crippen LogP contribution < -0.4 is 0 Å². The minimum atomic E-state index is -0.215.